The van der Waals surface area contributed by atoms with Crippen LogP contribution in [0.1, 0.15) is 53.4 Å². The Labute approximate surface area is 122 Å². The lowest BCUT2D eigenvalue weighted by Gasteiger charge is -2.35. The lowest BCUT2D eigenvalue weighted by Crippen LogP contribution is -2.56. The second-order valence-corrected chi connectivity index (χ2v) is 7.34. The van der Waals surface area contributed by atoms with E-state index in [-0.39, 0.29) is 6.61 Å². The van der Waals surface area contributed by atoms with Gasteiger partial charge in [-0.05, 0) is 46.5 Å². The number of nitrogens with one attached hydrogen (secondary N) is 1. The minimum atomic E-state index is -3.68. The molecule has 1 atom stereocenters. The van der Waals surface area contributed by atoms with E-state index in [1.165, 1.54) is 4.31 Å². The molecule has 1 aliphatic rings. The summed E-state index contributed by atoms with van der Waals surface area (Å²) in [6.07, 6.45) is 2.80. The van der Waals surface area contributed by atoms with Crippen LogP contribution in [-0.2, 0) is 19.7 Å². The number of esters is 1. The average molecular weight is 306 g/mol. The summed E-state index contributed by atoms with van der Waals surface area (Å²) in [5.74, 6) is -0.452. The maximum atomic E-state index is 12.5. The minimum Gasteiger partial charge on any atom is -0.465 e. The molecule has 0 unspecified atom stereocenters. The summed E-state index contributed by atoms with van der Waals surface area (Å²) in [4.78, 5) is 11.9. The number of rotatable bonds is 6. The first kappa shape index (κ1) is 17.4. The summed E-state index contributed by atoms with van der Waals surface area (Å²) in [6, 6.07) is -0.700. The van der Waals surface area contributed by atoms with E-state index in [2.05, 4.69) is 4.72 Å². The van der Waals surface area contributed by atoms with Gasteiger partial charge in [-0.15, -0.1) is 0 Å². The van der Waals surface area contributed by atoms with Crippen molar-refractivity contribution in [1.82, 2.24) is 9.03 Å². The normalized spacial score (nSPS) is 21.7. The van der Waals surface area contributed by atoms with Crippen molar-refractivity contribution in [1.29, 1.82) is 0 Å². The predicted octanol–water partition coefficient (Wildman–Crippen LogP) is 1.43. The SMILES string of the molecule is CCOC(=O)[C@@H]1CCCCN1S(=O)(=O)NC(C)(C)CC. The van der Waals surface area contributed by atoms with Crippen LogP contribution in [-0.4, -0.2) is 43.4 Å². The molecule has 1 saturated heterocycles. The Bertz CT molecular complexity index is 434. The molecule has 1 N–H and O–H groups in total. The molecule has 0 saturated carbocycles. The zero-order valence-electron chi connectivity index (χ0n) is 12.8. The Morgan fingerprint density at radius 1 is 1.35 bits per heavy atom. The van der Waals surface area contributed by atoms with E-state index < -0.39 is 27.8 Å². The third-order valence-electron chi connectivity index (χ3n) is 3.61. The zero-order chi connectivity index (χ0) is 15.4. The standard InChI is InChI=1S/C13H26N2O4S/c1-5-13(3,4)14-20(17,18)15-10-8-7-9-11(15)12(16)19-6-2/h11,14H,5-10H2,1-4H3/t11-/m0/s1. The van der Waals surface area contributed by atoms with Crippen LogP contribution in [0.4, 0.5) is 0 Å². The van der Waals surface area contributed by atoms with Gasteiger partial charge < -0.3 is 4.74 Å². The number of carbonyl (C=O) groups excluding carboxylic acids is 1. The fraction of sp³-hybridized carbons (Fsp3) is 0.923. The number of hydrogen-bond donors (Lipinski definition) is 1. The molecule has 1 aliphatic heterocycles. The third kappa shape index (κ3) is 4.43. The number of hydrogen-bond acceptors (Lipinski definition) is 4. The van der Waals surface area contributed by atoms with Gasteiger partial charge >= 0.3 is 5.97 Å². The second-order valence-electron chi connectivity index (χ2n) is 5.72. The molecule has 6 nitrogen and oxygen atoms in total. The molecule has 0 bridgehead atoms. The highest BCUT2D eigenvalue weighted by Crippen LogP contribution is 2.22. The van der Waals surface area contributed by atoms with Gasteiger partial charge in [0, 0.05) is 12.1 Å². The molecule has 118 valence electrons. The van der Waals surface area contributed by atoms with Crippen molar-refractivity contribution >= 4 is 16.2 Å². The van der Waals surface area contributed by atoms with E-state index in [1.807, 2.05) is 20.8 Å². The fourth-order valence-corrected chi connectivity index (χ4v) is 4.00. The Kier molecular flexibility index (Phi) is 5.97. The Balaban J connectivity index is 2.91. The quantitative estimate of drug-likeness (QED) is 0.753. The van der Waals surface area contributed by atoms with E-state index in [1.54, 1.807) is 6.92 Å². The smallest absolute Gasteiger partial charge is 0.324 e. The molecule has 0 spiro atoms. The summed E-state index contributed by atoms with van der Waals surface area (Å²) in [6.45, 7) is 7.91. The van der Waals surface area contributed by atoms with Gasteiger partial charge in [-0.25, -0.2) is 0 Å². The summed E-state index contributed by atoms with van der Waals surface area (Å²) >= 11 is 0. The number of ether oxygens (including phenoxy) is 1. The maximum absolute atomic E-state index is 12.5. The third-order valence-corrected chi connectivity index (χ3v) is 5.48. The van der Waals surface area contributed by atoms with Crippen molar-refractivity contribution in [2.45, 2.75) is 65.0 Å². The van der Waals surface area contributed by atoms with E-state index in [4.69, 9.17) is 4.74 Å². The molecular weight excluding hydrogens is 280 g/mol. The van der Waals surface area contributed by atoms with Gasteiger partial charge in [0.15, 0.2) is 0 Å². The Morgan fingerprint density at radius 2 is 2.00 bits per heavy atom. The molecule has 0 aliphatic carbocycles. The number of nitrogens with zero attached hydrogens (tertiary/aromatic N) is 1. The molecule has 0 amide bonds. The van der Waals surface area contributed by atoms with E-state index in [0.717, 1.165) is 12.8 Å². The molecule has 0 aromatic carbocycles. The summed E-state index contributed by atoms with van der Waals surface area (Å²) in [5.41, 5.74) is -0.532. The highest BCUT2D eigenvalue weighted by atomic mass is 32.2. The Morgan fingerprint density at radius 3 is 2.55 bits per heavy atom. The van der Waals surface area contributed by atoms with Gasteiger partial charge in [0.05, 0.1) is 6.61 Å². The largest absolute Gasteiger partial charge is 0.465 e. The zero-order valence-corrected chi connectivity index (χ0v) is 13.6. The van der Waals surface area contributed by atoms with Crippen LogP contribution in [0.3, 0.4) is 0 Å². The molecule has 1 heterocycles. The van der Waals surface area contributed by atoms with Crippen molar-refractivity contribution in [2.75, 3.05) is 13.2 Å². The molecule has 0 aromatic heterocycles. The first-order valence-electron chi connectivity index (χ1n) is 7.21. The lowest BCUT2D eigenvalue weighted by molar-refractivity contribution is -0.148. The van der Waals surface area contributed by atoms with Crippen molar-refractivity contribution in [2.24, 2.45) is 0 Å². The first-order chi connectivity index (χ1) is 9.23. The van der Waals surface area contributed by atoms with Gasteiger partial charge in [0.25, 0.3) is 10.2 Å². The molecule has 0 radical (unpaired) electrons. The van der Waals surface area contributed by atoms with E-state index in [9.17, 15) is 13.2 Å². The van der Waals surface area contributed by atoms with Gasteiger partial charge in [-0.1, -0.05) is 6.92 Å². The molecular formula is C13H26N2O4S. The molecule has 1 fully saturated rings. The van der Waals surface area contributed by atoms with E-state index >= 15 is 0 Å². The number of carbonyl (C=O) groups is 1. The van der Waals surface area contributed by atoms with Crippen molar-refractivity contribution < 1.29 is 17.9 Å². The van der Waals surface area contributed by atoms with Crippen molar-refractivity contribution in [3.05, 3.63) is 0 Å². The number of piperidine rings is 1. The van der Waals surface area contributed by atoms with Gasteiger partial charge in [0.1, 0.15) is 6.04 Å². The average Bonchev–Trinajstić information content (AvgIpc) is 2.38. The summed E-state index contributed by atoms with van der Waals surface area (Å²) < 4.78 is 33.9. The molecule has 20 heavy (non-hydrogen) atoms. The fourth-order valence-electron chi connectivity index (χ4n) is 2.15. The second kappa shape index (κ2) is 6.87. The Hall–Kier alpha value is -0.660. The van der Waals surface area contributed by atoms with Crippen LogP contribution in [0.5, 0.6) is 0 Å². The van der Waals surface area contributed by atoms with Crippen molar-refractivity contribution in [3.8, 4) is 0 Å². The van der Waals surface area contributed by atoms with E-state index in [0.29, 0.717) is 19.4 Å². The van der Waals surface area contributed by atoms with Crippen LogP contribution < -0.4 is 4.72 Å². The van der Waals surface area contributed by atoms with Gasteiger partial charge in [0.2, 0.25) is 0 Å². The van der Waals surface area contributed by atoms with Gasteiger partial charge in [-0.2, -0.15) is 17.4 Å². The first-order valence-corrected chi connectivity index (χ1v) is 8.65. The minimum absolute atomic E-state index is 0.261. The molecule has 0 aromatic rings. The van der Waals surface area contributed by atoms with Crippen molar-refractivity contribution in [3.63, 3.8) is 0 Å². The van der Waals surface area contributed by atoms with Crippen LogP contribution in [0.15, 0.2) is 0 Å². The van der Waals surface area contributed by atoms with Crippen LogP contribution >= 0.6 is 0 Å². The monoisotopic (exact) mass is 306 g/mol. The summed E-state index contributed by atoms with van der Waals surface area (Å²) in [7, 11) is -3.68. The highest BCUT2D eigenvalue weighted by molar-refractivity contribution is 7.87. The predicted molar refractivity (Wildman–Crippen MR) is 77.4 cm³/mol. The summed E-state index contributed by atoms with van der Waals surface area (Å²) in [5, 5.41) is 0. The van der Waals surface area contributed by atoms with Crippen LogP contribution in [0, 0.1) is 0 Å². The maximum Gasteiger partial charge on any atom is 0.324 e. The molecule has 7 heteroatoms. The van der Waals surface area contributed by atoms with Gasteiger partial charge in [-0.3, -0.25) is 4.79 Å². The molecule has 1 rings (SSSR count). The topological polar surface area (TPSA) is 75.7 Å². The van der Waals surface area contributed by atoms with Crippen LogP contribution in [0.2, 0.25) is 0 Å². The highest BCUT2D eigenvalue weighted by Gasteiger charge is 2.39. The van der Waals surface area contributed by atoms with Crippen LogP contribution in [0.25, 0.3) is 0 Å². The lowest BCUT2D eigenvalue weighted by atomic mass is 10.0.